The van der Waals surface area contributed by atoms with E-state index in [9.17, 15) is 13.9 Å². The van der Waals surface area contributed by atoms with Crippen LogP contribution in [0.2, 0.25) is 0 Å². The summed E-state index contributed by atoms with van der Waals surface area (Å²) in [6.07, 6.45) is 0. The average molecular weight is 345 g/mol. The Hall–Kier alpha value is -2.89. The molecule has 3 aromatic rings. The van der Waals surface area contributed by atoms with Crippen molar-refractivity contribution >= 4 is 10.9 Å². The van der Waals surface area contributed by atoms with Crippen molar-refractivity contribution in [3.05, 3.63) is 47.5 Å². The van der Waals surface area contributed by atoms with Crippen molar-refractivity contribution in [1.82, 2.24) is 4.98 Å². The third-order valence-electron chi connectivity index (χ3n) is 3.98. The topological polar surface area (TPSA) is 51.6 Å². The predicted molar refractivity (Wildman–Crippen MR) is 91.5 cm³/mol. The first-order chi connectivity index (χ1) is 11.9. The Balaban J connectivity index is 2.15. The zero-order chi connectivity index (χ0) is 18.1. The lowest BCUT2D eigenvalue weighted by molar-refractivity contribution is -0.0497. The number of phenols is 1. The number of aromatic hydroxyl groups is 1. The summed E-state index contributed by atoms with van der Waals surface area (Å²) in [6.45, 7) is 0.819. The van der Waals surface area contributed by atoms with Crippen LogP contribution in [0.25, 0.3) is 22.2 Å². The molecule has 1 heterocycles. The highest BCUT2D eigenvalue weighted by atomic mass is 19.3. The Labute approximate surface area is 143 Å². The maximum absolute atomic E-state index is 12.5. The van der Waals surface area contributed by atoms with Crippen molar-refractivity contribution in [2.24, 2.45) is 0 Å². The van der Waals surface area contributed by atoms with Crippen LogP contribution in [0.4, 0.5) is 8.78 Å². The first-order valence-electron chi connectivity index (χ1n) is 7.63. The number of nitrogens with zero attached hydrogens (tertiary/aromatic N) is 1. The van der Waals surface area contributed by atoms with Gasteiger partial charge in [0.05, 0.1) is 18.3 Å². The molecule has 1 N–H and O–H groups in total. The van der Waals surface area contributed by atoms with Crippen LogP contribution in [0, 0.1) is 13.8 Å². The lowest BCUT2D eigenvalue weighted by atomic mass is 10.0. The summed E-state index contributed by atoms with van der Waals surface area (Å²) in [5.74, 6) is 0.520. The third-order valence-corrected chi connectivity index (χ3v) is 3.98. The Kier molecular flexibility index (Phi) is 4.44. The van der Waals surface area contributed by atoms with Gasteiger partial charge in [-0.1, -0.05) is 0 Å². The Morgan fingerprint density at radius 1 is 1.04 bits per heavy atom. The molecule has 0 aliphatic heterocycles. The highest BCUT2D eigenvalue weighted by molar-refractivity contribution is 5.88. The van der Waals surface area contributed by atoms with Gasteiger partial charge in [0.1, 0.15) is 5.75 Å². The lowest BCUT2D eigenvalue weighted by Crippen LogP contribution is -2.02. The molecule has 4 nitrogen and oxygen atoms in total. The molecule has 0 spiro atoms. The Morgan fingerprint density at radius 3 is 2.48 bits per heavy atom. The van der Waals surface area contributed by atoms with Crippen molar-refractivity contribution in [3.8, 4) is 28.5 Å². The van der Waals surface area contributed by atoms with E-state index in [1.165, 1.54) is 7.11 Å². The van der Waals surface area contributed by atoms with Gasteiger partial charge in [-0.2, -0.15) is 8.78 Å². The normalized spacial score (nSPS) is 11.1. The third kappa shape index (κ3) is 3.33. The second-order valence-corrected chi connectivity index (χ2v) is 5.73. The molecule has 0 aliphatic carbocycles. The SMILES string of the molecule is COc1cc(-c2cc(C)c3cc(OC(F)F)cc(C)c3n2)ccc1O. The maximum atomic E-state index is 12.5. The van der Waals surface area contributed by atoms with Gasteiger partial charge in [0.25, 0.3) is 0 Å². The van der Waals surface area contributed by atoms with Gasteiger partial charge < -0.3 is 14.6 Å². The Bertz CT molecular complexity index is 942. The van der Waals surface area contributed by atoms with Crippen molar-refractivity contribution in [3.63, 3.8) is 0 Å². The highest BCUT2D eigenvalue weighted by Crippen LogP contribution is 2.34. The van der Waals surface area contributed by atoms with Crippen LogP contribution in [-0.4, -0.2) is 23.8 Å². The van der Waals surface area contributed by atoms with Crippen molar-refractivity contribution in [1.29, 1.82) is 0 Å². The molecule has 25 heavy (non-hydrogen) atoms. The molecule has 1 aromatic heterocycles. The number of hydrogen-bond donors (Lipinski definition) is 1. The van der Waals surface area contributed by atoms with Crippen LogP contribution in [0.3, 0.4) is 0 Å². The maximum Gasteiger partial charge on any atom is 0.387 e. The Morgan fingerprint density at radius 2 is 1.80 bits per heavy atom. The van der Waals surface area contributed by atoms with Crippen molar-refractivity contribution in [2.75, 3.05) is 7.11 Å². The van der Waals surface area contributed by atoms with Gasteiger partial charge in [0, 0.05) is 10.9 Å². The first kappa shape index (κ1) is 17.0. The molecule has 0 fully saturated rings. The summed E-state index contributed by atoms with van der Waals surface area (Å²) < 4.78 is 34.6. The minimum absolute atomic E-state index is 0.0498. The molecule has 0 amide bonds. The molecule has 2 aromatic carbocycles. The standard InChI is InChI=1S/C19H17F2NO3/c1-10-7-15(12-4-5-16(23)17(8-12)24-3)22-18-11(2)6-13(9-14(10)18)25-19(20)21/h4-9,19,23H,1-3H3. The minimum Gasteiger partial charge on any atom is -0.504 e. The number of methoxy groups -OCH3 is 1. The van der Waals surface area contributed by atoms with E-state index >= 15 is 0 Å². The molecule has 0 aliphatic rings. The second kappa shape index (κ2) is 6.55. The van der Waals surface area contributed by atoms with E-state index in [4.69, 9.17) is 4.74 Å². The van der Waals surface area contributed by atoms with Crippen molar-refractivity contribution < 1.29 is 23.4 Å². The number of hydrogen-bond acceptors (Lipinski definition) is 4. The number of halogens is 2. The van der Waals surface area contributed by atoms with E-state index in [0.717, 1.165) is 22.1 Å². The van der Waals surface area contributed by atoms with Crippen molar-refractivity contribution in [2.45, 2.75) is 20.5 Å². The zero-order valence-corrected chi connectivity index (χ0v) is 14.0. The number of aromatic nitrogens is 1. The van der Waals surface area contributed by atoms with E-state index < -0.39 is 6.61 Å². The smallest absolute Gasteiger partial charge is 0.387 e. The summed E-state index contributed by atoms with van der Waals surface area (Å²) >= 11 is 0. The molecular formula is C19H17F2NO3. The second-order valence-electron chi connectivity index (χ2n) is 5.73. The van der Waals surface area contributed by atoms with E-state index in [1.807, 2.05) is 13.0 Å². The number of phenolic OH excluding ortho intramolecular Hbond substituents is 1. The molecule has 0 unspecified atom stereocenters. The number of fused-ring (bicyclic) bond motifs is 1. The molecule has 0 saturated heterocycles. The predicted octanol–water partition coefficient (Wildman–Crippen LogP) is 4.83. The largest absolute Gasteiger partial charge is 0.504 e. The molecule has 0 bridgehead atoms. The van der Waals surface area contributed by atoms with Gasteiger partial charge in [0.15, 0.2) is 11.5 Å². The number of rotatable bonds is 4. The number of alkyl halides is 2. The summed E-state index contributed by atoms with van der Waals surface area (Å²) in [5, 5.41) is 10.5. The zero-order valence-electron chi connectivity index (χ0n) is 14.0. The van der Waals surface area contributed by atoms with Crippen LogP contribution in [-0.2, 0) is 0 Å². The molecule has 0 saturated carbocycles. The van der Waals surface area contributed by atoms with Gasteiger partial charge in [-0.15, -0.1) is 0 Å². The highest BCUT2D eigenvalue weighted by Gasteiger charge is 2.13. The summed E-state index contributed by atoms with van der Waals surface area (Å²) in [5.41, 5.74) is 3.82. The van der Waals surface area contributed by atoms with Gasteiger partial charge in [-0.05, 0) is 61.4 Å². The fourth-order valence-corrected chi connectivity index (χ4v) is 2.79. The summed E-state index contributed by atoms with van der Waals surface area (Å²) in [7, 11) is 1.48. The van der Waals surface area contributed by atoms with Gasteiger partial charge in [0.2, 0.25) is 0 Å². The van der Waals surface area contributed by atoms with Crippen LogP contribution in [0.5, 0.6) is 17.2 Å². The number of aryl methyl sites for hydroxylation is 2. The quantitative estimate of drug-likeness (QED) is 0.735. The molecular weight excluding hydrogens is 328 g/mol. The summed E-state index contributed by atoms with van der Waals surface area (Å²) in [6, 6.07) is 9.96. The van der Waals surface area contributed by atoms with Crippen LogP contribution < -0.4 is 9.47 Å². The van der Waals surface area contributed by atoms with Gasteiger partial charge in [-0.25, -0.2) is 4.98 Å². The fourth-order valence-electron chi connectivity index (χ4n) is 2.79. The average Bonchev–Trinajstić information content (AvgIpc) is 2.55. The monoisotopic (exact) mass is 345 g/mol. The van der Waals surface area contributed by atoms with E-state index in [2.05, 4.69) is 9.72 Å². The minimum atomic E-state index is -2.87. The molecule has 0 radical (unpaired) electrons. The summed E-state index contributed by atoms with van der Waals surface area (Å²) in [4.78, 5) is 4.65. The van der Waals surface area contributed by atoms with Crippen LogP contribution in [0.1, 0.15) is 11.1 Å². The van der Waals surface area contributed by atoms with E-state index in [0.29, 0.717) is 17.0 Å². The number of benzene rings is 2. The fraction of sp³-hybridized carbons (Fsp3) is 0.211. The number of ether oxygens (including phenoxy) is 2. The first-order valence-corrected chi connectivity index (χ1v) is 7.63. The van der Waals surface area contributed by atoms with E-state index in [1.54, 1.807) is 37.3 Å². The molecule has 6 heteroatoms. The molecule has 130 valence electrons. The number of pyridine rings is 1. The van der Waals surface area contributed by atoms with Crippen LogP contribution >= 0.6 is 0 Å². The molecule has 0 atom stereocenters. The van der Waals surface area contributed by atoms with Gasteiger partial charge in [-0.3, -0.25) is 0 Å². The van der Waals surface area contributed by atoms with E-state index in [-0.39, 0.29) is 11.5 Å². The van der Waals surface area contributed by atoms with Crippen LogP contribution in [0.15, 0.2) is 36.4 Å². The van der Waals surface area contributed by atoms with Gasteiger partial charge >= 0.3 is 6.61 Å². The molecule has 3 rings (SSSR count). The lowest BCUT2D eigenvalue weighted by Gasteiger charge is -2.12.